The van der Waals surface area contributed by atoms with Gasteiger partial charge in [-0.1, -0.05) is 36.4 Å². The van der Waals surface area contributed by atoms with Crippen molar-refractivity contribution in [2.45, 2.75) is 13.0 Å². The van der Waals surface area contributed by atoms with Gasteiger partial charge in [0, 0.05) is 5.56 Å². The highest BCUT2D eigenvalue weighted by Gasteiger charge is 2.13. The van der Waals surface area contributed by atoms with Gasteiger partial charge in [0.05, 0.1) is 13.2 Å². The Bertz CT molecular complexity index is 584. The van der Waals surface area contributed by atoms with Gasteiger partial charge in [-0.05, 0) is 25.1 Å². The number of hydrogen-bond donors (Lipinski definition) is 1. The summed E-state index contributed by atoms with van der Waals surface area (Å²) in [7, 11) is 1.62. The Morgan fingerprint density at radius 3 is 2.48 bits per heavy atom. The SMILES string of the molecule is COc1ccccc1[C@@H](C)NC(=O)COc1ccccc1. The number of methoxy groups -OCH3 is 1. The van der Waals surface area contributed by atoms with Crippen LogP contribution < -0.4 is 14.8 Å². The third-order valence-electron chi connectivity index (χ3n) is 3.10. The second kappa shape index (κ2) is 7.33. The van der Waals surface area contributed by atoms with Crippen LogP contribution >= 0.6 is 0 Å². The van der Waals surface area contributed by atoms with Crippen molar-refractivity contribution in [3.05, 3.63) is 60.2 Å². The Kier molecular flexibility index (Phi) is 5.21. The average molecular weight is 285 g/mol. The zero-order valence-electron chi connectivity index (χ0n) is 12.2. The molecule has 1 N–H and O–H groups in total. The normalized spacial score (nSPS) is 11.5. The third-order valence-corrected chi connectivity index (χ3v) is 3.10. The minimum absolute atomic E-state index is 0.0104. The molecule has 2 rings (SSSR count). The van der Waals surface area contributed by atoms with Crippen LogP contribution in [0.2, 0.25) is 0 Å². The molecule has 1 amide bonds. The highest BCUT2D eigenvalue weighted by molar-refractivity contribution is 5.78. The molecule has 0 aliphatic rings. The van der Waals surface area contributed by atoms with Crippen molar-refractivity contribution in [3.8, 4) is 11.5 Å². The van der Waals surface area contributed by atoms with Gasteiger partial charge < -0.3 is 14.8 Å². The summed E-state index contributed by atoms with van der Waals surface area (Å²) in [6.07, 6.45) is 0. The van der Waals surface area contributed by atoms with Crippen LogP contribution in [0.3, 0.4) is 0 Å². The van der Waals surface area contributed by atoms with Gasteiger partial charge in [0.25, 0.3) is 5.91 Å². The summed E-state index contributed by atoms with van der Waals surface area (Å²) in [6.45, 7) is 1.90. The maximum atomic E-state index is 11.9. The Morgan fingerprint density at radius 2 is 1.76 bits per heavy atom. The number of carbonyl (C=O) groups is 1. The molecule has 4 nitrogen and oxygen atoms in total. The first-order valence-electron chi connectivity index (χ1n) is 6.81. The van der Waals surface area contributed by atoms with Crippen LogP contribution in [0.1, 0.15) is 18.5 Å². The second-order valence-corrected chi connectivity index (χ2v) is 4.63. The molecule has 0 saturated heterocycles. The van der Waals surface area contributed by atoms with Crippen molar-refractivity contribution in [1.29, 1.82) is 0 Å². The van der Waals surface area contributed by atoms with Gasteiger partial charge in [0.15, 0.2) is 6.61 Å². The van der Waals surface area contributed by atoms with E-state index in [4.69, 9.17) is 9.47 Å². The van der Waals surface area contributed by atoms with E-state index in [1.54, 1.807) is 7.11 Å². The number of hydrogen-bond acceptors (Lipinski definition) is 3. The van der Waals surface area contributed by atoms with Gasteiger partial charge in [0.1, 0.15) is 11.5 Å². The van der Waals surface area contributed by atoms with Gasteiger partial charge in [-0.15, -0.1) is 0 Å². The fourth-order valence-corrected chi connectivity index (χ4v) is 2.05. The van der Waals surface area contributed by atoms with Crippen molar-refractivity contribution < 1.29 is 14.3 Å². The minimum atomic E-state index is -0.169. The van der Waals surface area contributed by atoms with Crippen LogP contribution in [0, 0.1) is 0 Å². The maximum absolute atomic E-state index is 11.9. The maximum Gasteiger partial charge on any atom is 0.258 e. The fraction of sp³-hybridized carbons (Fsp3) is 0.235. The van der Waals surface area contributed by atoms with Crippen molar-refractivity contribution in [1.82, 2.24) is 5.32 Å². The molecule has 0 aliphatic carbocycles. The molecular weight excluding hydrogens is 266 g/mol. The van der Waals surface area contributed by atoms with Gasteiger partial charge in [-0.2, -0.15) is 0 Å². The smallest absolute Gasteiger partial charge is 0.258 e. The molecule has 4 heteroatoms. The number of ether oxygens (including phenoxy) is 2. The van der Waals surface area contributed by atoms with Crippen molar-refractivity contribution in [3.63, 3.8) is 0 Å². The lowest BCUT2D eigenvalue weighted by molar-refractivity contribution is -0.123. The summed E-state index contributed by atoms with van der Waals surface area (Å²) < 4.78 is 10.7. The molecule has 1 atom stereocenters. The molecule has 110 valence electrons. The molecule has 21 heavy (non-hydrogen) atoms. The molecule has 0 bridgehead atoms. The number of para-hydroxylation sites is 2. The standard InChI is InChI=1S/C17H19NO3/c1-13(15-10-6-7-11-16(15)20-2)18-17(19)12-21-14-8-4-3-5-9-14/h3-11,13H,12H2,1-2H3,(H,18,19)/t13-/m1/s1. The molecule has 0 fully saturated rings. The molecule has 0 unspecified atom stereocenters. The number of carbonyl (C=O) groups excluding carboxylic acids is 1. The van der Waals surface area contributed by atoms with E-state index < -0.39 is 0 Å². The highest BCUT2D eigenvalue weighted by atomic mass is 16.5. The van der Waals surface area contributed by atoms with Gasteiger partial charge in [-0.3, -0.25) is 4.79 Å². The highest BCUT2D eigenvalue weighted by Crippen LogP contribution is 2.24. The van der Waals surface area contributed by atoms with Crippen molar-refractivity contribution in [2.75, 3.05) is 13.7 Å². The van der Waals surface area contributed by atoms with E-state index >= 15 is 0 Å². The summed E-state index contributed by atoms with van der Waals surface area (Å²) >= 11 is 0. The molecule has 0 saturated carbocycles. The van der Waals surface area contributed by atoms with E-state index in [1.165, 1.54) is 0 Å². The minimum Gasteiger partial charge on any atom is -0.496 e. The summed E-state index contributed by atoms with van der Waals surface area (Å²) in [5.41, 5.74) is 0.938. The molecule has 0 spiro atoms. The zero-order chi connectivity index (χ0) is 15.1. The molecule has 2 aromatic rings. The van der Waals surface area contributed by atoms with Crippen LogP contribution in [-0.4, -0.2) is 19.6 Å². The second-order valence-electron chi connectivity index (χ2n) is 4.63. The predicted octanol–water partition coefficient (Wildman–Crippen LogP) is 2.95. The lowest BCUT2D eigenvalue weighted by Crippen LogP contribution is -2.31. The molecule has 0 heterocycles. The van der Waals surface area contributed by atoms with Gasteiger partial charge >= 0.3 is 0 Å². The summed E-state index contributed by atoms with van der Waals surface area (Å²) in [5, 5.41) is 2.90. The van der Waals surface area contributed by atoms with Gasteiger partial charge in [-0.25, -0.2) is 0 Å². The number of nitrogens with one attached hydrogen (secondary N) is 1. The van der Waals surface area contributed by atoms with Crippen molar-refractivity contribution >= 4 is 5.91 Å². The Balaban J connectivity index is 1.90. The molecule has 2 aromatic carbocycles. The van der Waals surface area contributed by atoms with E-state index in [0.717, 1.165) is 11.3 Å². The molecule has 0 radical (unpaired) electrons. The zero-order valence-corrected chi connectivity index (χ0v) is 12.2. The Hall–Kier alpha value is -2.49. The molecule has 0 aliphatic heterocycles. The summed E-state index contributed by atoms with van der Waals surface area (Å²) in [6, 6.07) is 16.7. The van der Waals surface area contributed by atoms with Crippen LogP contribution in [-0.2, 0) is 4.79 Å². The van der Waals surface area contributed by atoms with E-state index in [-0.39, 0.29) is 18.6 Å². The van der Waals surface area contributed by atoms with E-state index in [2.05, 4.69) is 5.32 Å². The molecular formula is C17H19NO3. The van der Waals surface area contributed by atoms with E-state index in [0.29, 0.717) is 5.75 Å². The third kappa shape index (κ3) is 4.24. The Labute approximate surface area is 124 Å². The number of amides is 1. The predicted molar refractivity (Wildman–Crippen MR) is 81.5 cm³/mol. The number of rotatable bonds is 6. The summed E-state index contributed by atoms with van der Waals surface area (Å²) in [5.74, 6) is 1.27. The van der Waals surface area contributed by atoms with Crippen LogP contribution in [0.25, 0.3) is 0 Å². The lowest BCUT2D eigenvalue weighted by Gasteiger charge is -2.17. The van der Waals surface area contributed by atoms with Crippen molar-refractivity contribution in [2.24, 2.45) is 0 Å². The first kappa shape index (κ1) is 14.9. The molecule has 0 aromatic heterocycles. The van der Waals surface area contributed by atoms with E-state index in [1.807, 2.05) is 61.5 Å². The van der Waals surface area contributed by atoms with E-state index in [9.17, 15) is 4.79 Å². The first-order chi connectivity index (χ1) is 10.2. The quantitative estimate of drug-likeness (QED) is 0.887. The lowest BCUT2D eigenvalue weighted by atomic mass is 10.1. The van der Waals surface area contributed by atoms with Gasteiger partial charge in [0.2, 0.25) is 0 Å². The number of benzene rings is 2. The van der Waals surface area contributed by atoms with Crippen LogP contribution in [0.4, 0.5) is 0 Å². The first-order valence-corrected chi connectivity index (χ1v) is 6.81. The fourth-order valence-electron chi connectivity index (χ4n) is 2.05. The average Bonchev–Trinajstić information content (AvgIpc) is 2.53. The van der Waals surface area contributed by atoms with Crippen LogP contribution in [0.15, 0.2) is 54.6 Å². The Morgan fingerprint density at radius 1 is 1.10 bits per heavy atom. The van der Waals surface area contributed by atoms with Crippen LogP contribution in [0.5, 0.6) is 11.5 Å². The summed E-state index contributed by atoms with van der Waals surface area (Å²) in [4.78, 5) is 11.9. The largest absolute Gasteiger partial charge is 0.496 e. The monoisotopic (exact) mass is 285 g/mol. The topological polar surface area (TPSA) is 47.6 Å².